The third-order valence-corrected chi connectivity index (χ3v) is 8.12. The standard InChI is InChI=1S/C20H27N5O3S2/c1-5-6-11-25-17-10-9-15(30(26,27)24(3)4)12-16(17)21-20(25)29-13(2)19-22-18(23-28-19)14-7-8-14/h9-10,12-14H,5-8,11H2,1-4H3. The number of benzene rings is 1. The van der Waals surface area contributed by atoms with Crippen molar-refractivity contribution in [2.24, 2.45) is 0 Å². The number of aromatic nitrogens is 4. The van der Waals surface area contributed by atoms with Gasteiger partial charge in [-0.1, -0.05) is 30.3 Å². The summed E-state index contributed by atoms with van der Waals surface area (Å²) >= 11 is 1.56. The molecule has 1 saturated carbocycles. The summed E-state index contributed by atoms with van der Waals surface area (Å²) in [6.45, 7) is 4.99. The SMILES string of the molecule is CCCCn1c(SC(C)c2nc(C3CC3)no2)nc2cc(S(=O)(=O)N(C)C)ccc21. The Kier molecular flexibility index (Phi) is 5.91. The van der Waals surface area contributed by atoms with Crippen LogP contribution in [-0.2, 0) is 16.6 Å². The summed E-state index contributed by atoms with van der Waals surface area (Å²) in [5.41, 5.74) is 1.60. The van der Waals surface area contributed by atoms with Crippen LogP contribution >= 0.6 is 11.8 Å². The highest BCUT2D eigenvalue weighted by molar-refractivity contribution is 7.99. The molecule has 0 aliphatic heterocycles. The first-order chi connectivity index (χ1) is 14.3. The van der Waals surface area contributed by atoms with Crippen molar-refractivity contribution in [2.75, 3.05) is 14.1 Å². The molecular weight excluding hydrogens is 422 g/mol. The maximum atomic E-state index is 12.5. The maximum absolute atomic E-state index is 12.5. The zero-order chi connectivity index (χ0) is 21.5. The van der Waals surface area contributed by atoms with E-state index in [0.29, 0.717) is 17.3 Å². The van der Waals surface area contributed by atoms with Crippen LogP contribution in [0.4, 0.5) is 0 Å². The van der Waals surface area contributed by atoms with Gasteiger partial charge in [-0.2, -0.15) is 4.98 Å². The van der Waals surface area contributed by atoms with E-state index in [1.165, 1.54) is 18.4 Å². The number of aryl methyl sites for hydroxylation is 1. The maximum Gasteiger partial charge on any atom is 0.242 e. The smallest absolute Gasteiger partial charge is 0.242 e. The van der Waals surface area contributed by atoms with Crippen molar-refractivity contribution < 1.29 is 12.9 Å². The number of nitrogens with zero attached hydrogens (tertiary/aromatic N) is 5. The molecule has 30 heavy (non-hydrogen) atoms. The van der Waals surface area contributed by atoms with E-state index >= 15 is 0 Å². The molecule has 0 radical (unpaired) electrons. The zero-order valence-corrected chi connectivity index (χ0v) is 19.3. The third kappa shape index (κ3) is 4.13. The fourth-order valence-corrected chi connectivity index (χ4v) is 5.11. The van der Waals surface area contributed by atoms with Gasteiger partial charge in [-0.25, -0.2) is 17.7 Å². The average Bonchev–Trinajstić information content (AvgIpc) is 3.34. The Morgan fingerprint density at radius 1 is 1.30 bits per heavy atom. The number of imidazole rings is 1. The lowest BCUT2D eigenvalue weighted by atomic mass is 10.3. The van der Waals surface area contributed by atoms with Gasteiger partial charge in [0.25, 0.3) is 0 Å². The molecule has 1 aliphatic rings. The van der Waals surface area contributed by atoms with Crippen molar-refractivity contribution in [1.29, 1.82) is 0 Å². The Bertz CT molecular complexity index is 1150. The predicted octanol–water partition coefficient (Wildman–Crippen LogP) is 4.20. The van der Waals surface area contributed by atoms with Crippen molar-refractivity contribution in [2.45, 2.75) is 67.3 Å². The predicted molar refractivity (Wildman–Crippen MR) is 116 cm³/mol. The van der Waals surface area contributed by atoms with E-state index in [9.17, 15) is 8.42 Å². The van der Waals surface area contributed by atoms with Gasteiger partial charge in [0.2, 0.25) is 15.9 Å². The molecule has 162 valence electrons. The highest BCUT2D eigenvalue weighted by Gasteiger charge is 2.30. The van der Waals surface area contributed by atoms with E-state index in [1.807, 2.05) is 13.0 Å². The van der Waals surface area contributed by atoms with Crippen LogP contribution in [0, 0.1) is 0 Å². The molecule has 1 unspecified atom stereocenters. The lowest BCUT2D eigenvalue weighted by molar-refractivity contribution is 0.374. The second kappa shape index (κ2) is 8.32. The molecule has 1 aliphatic carbocycles. The van der Waals surface area contributed by atoms with Gasteiger partial charge in [0.15, 0.2) is 11.0 Å². The molecule has 8 nitrogen and oxygen atoms in total. The molecule has 0 N–H and O–H groups in total. The molecule has 1 atom stereocenters. The number of hydrogen-bond acceptors (Lipinski definition) is 7. The van der Waals surface area contributed by atoms with Gasteiger partial charge < -0.3 is 9.09 Å². The summed E-state index contributed by atoms with van der Waals surface area (Å²) in [4.78, 5) is 9.58. The van der Waals surface area contributed by atoms with Crippen LogP contribution in [0.2, 0.25) is 0 Å². The van der Waals surface area contributed by atoms with Gasteiger partial charge in [-0.3, -0.25) is 0 Å². The van der Waals surface area contributed by atoms with E-state index in [4.69, 9.17) is 9.51 Å². The minimum atomic E-state index is -3.51. The van der Waals surface area contributed by atoms with Crippen LogP contribution in [0.25, 0.3) is 11.0 Å². The van der Waals surface area contributed by atoms with Crippen LogP contribution in [0.15, 0.2) is 32.8 Å². The number of rotatable bonds is 9. The first-order valence-electron chi connectivity index (χ1n) is 10.2. The molecule has 2 heterocycles. The number of unbranched alkanes of at least 4 members (excludes halogenated alkanes) is 1. The van der Waals surface area contributed by atoms with Crippen LogP contribution in [0.3, 0.4) is 0 Å². The summed E-state index contributed by atoms with van der Waals surface area (Å²) in [5.74, 6) is 1.85. The Balaban J connectivity index is 1.67. The Hall–Kier alpha value is -1.91. The Labute approximate surface area is 181 Å². The largest absolute Gasteiger partial charge is 0.338 e. The van der Waals surface area contributed by atoms with Crippen molar-refractivity contribution in [3.63, 3.8) is 0 Å². The third-order valence-electron chi connectivity index (χ3n) is 5.23. The van der Waals surface area contributed by atoms with E-state index in [2.05, 4.69) is 21.6 Å². The highest BCUT2D eigenvalue weighted by Crippen LogP contribution is 2.40. The highest BCUT2D eigenvalue weighted by atomic mass is 32.2. The molecule has 4 rings (SSSR count). The van der Waals surface area contributed by atoms with E-state index in [-0.39, 0.29) is 10.1 Å². The molecular formula is C20H27N5O3S2. The van der Waals surface area contributed by atoms with Gasteiger partial charge in [-0.15, -0.1) is 0 Å². The van der Waals surface area contributed by atoms with Crippen LogP contribution in [0.1, 0.15) is 62.4 Å². The van der Waals surface area contributed by atoms with Crippen molar-refractivity contribution >= 4 is 32.8 Å². The molecule has 0 spiro atoms. The van der Waals surface area contributed by atoms with Crippen molar-refractivity contribution in [3.8, 4) is 0 Å². The fraction of sp³-hybridized carbons (Fsp3) is 0.550. The molecule has 0 amide bonds. The lowest BCUT2D eigenvalue weighted by Gasteiger charge is -2.12. The van der Waals surface area contributed by atoms with Gasteiger partial charge in [0, 0.05) is 26.6 Å². The van der Waals surface area contributed by atoms with Crippen LogP contribution in [0.5, 0.6) is 0 Å². The van der Waals surface area contributed by atoms with Crippen LogP contribution in [-0.4, -0.2) is 46.5 Å². The normalized spacial score (nSPS) is 15.9. The Morgan fingerprint density at radius 2 is 2.07 bits per heavy atom. The number of sulfonamides is 1. The summed E-state index contributed by atoms with van der Waals surface area (Å²) in [6.07, 6.45) is 4.33. The zero-order valence-electron chi connectivity index (χ0n) is 17.7. The van der Waals surface area contributed by atoms with E-state index < -0.39 is 10.0 Å². The van der Waals surface area contributed by atoms with Gasteiger partial charge in [0.1, 0.15) is 0 Å². The van der Waals surface area contributed by atoms with Gasteiger partial charge in [-0.05, 0) is 44.4 Å². The topological polar surface area (TPSA) is 94.1 Å². The number of hydrogen-bond donors (Lipinski definition) is 0. The molecule has 1 fully saturated rings. The number of thioether (sulfide) groups is 1. The first-order valence-corrected chi connectivity index (χ1v) is 12.6. The summed E-state index contributed by atoms with van der Waals surface area (Å²) in [7, 11) is -0.450. The minimum Gasteiger partial charge on any atom is -0.338 e. The monoisotopic (exact) mass is 449 g/mol. The molecule has 1 aromatic carbocycles. The van der Waals surface area contributed by atoms with E-state index in [1.54, 1.807) is 23.9 Å². The van der Waals surface area contributed by atoms with Gasteiger partial charge in [0.05, 0.1) is 21.2 Å². The molecule has 2 aromatic heterocycles. The lowest BCUT2D eigenvalue weighted by Crippen LogP contribution is -2.22. The van der Waals surface area contributed by atoms with E-state index in [0.717, 1.165) is 48.7 Å². The van der Waals surface area contributed by atoms with Gasteiger partial charge >= 0.3 is 0 Å². The minimum absolute atomic E-state index is 0.0489. The molecule has 10 heteroatoms. The molecule has 0 saturated heterocycles. The Morgan fingerprint density at radius 3 is 2.73 bits per heavy atom. The van der Waals surface area contributed by atoms with Crippen LogP contribution < -0.4 is 0 Å². The van der Waals surface area contributed by atoms with Crippen molar-refractivity contribution in [3.05, 3.63) is 29.9 Å². The average molecular weight is 450 g/mol. The number of fused-ring (bicyclic) bond motifs is 1. The first kappa shape index (κ1) is 21.3. The summed E-state index contributed by atoms with van der Waals surface area (Å²) in [6, 6.07) is 5.15. The summed E-state index contributed by atoms with van der Waals surface area (Å²) in [5, 5.41) is 4.89. The second-order valence-electron chi connectivity index (χ2n) is 7.86. The second-order valence-corrected chi connectivity index (χ2v) is 11.3. The summed E-state index contributed by atoms with van der Waals surface area (Å²) < 4.78 is 33.9. The molecule has 3 aromatic rings. The quantitative estimate of drug-likeness (QED) is 0.452. The molecule has 0 bridgehead atoms. The van der Waals surface area contributed by atoms with Crippen molar-refractivity contribution in [1.82, 2.24) is 24.0 Å². The fourth-order valence-electron chi connectivity index (χ4n) is 3.21.